The predicted molar refractivity (Wildman–Crippen MR) is 55.4 cm³/mol. The van der Waals surface area contributed by atoms with E-state index in [1.54, 1.807) is 6.07 Å². The van der Waals surface area contributed by atoms with Crippen LogP contribution in [-0.2, 0) is 11.2 Å². The smallest absolute Gasteiger partial charge is 0.118 e. The van der Waals surface area contributed by atoms with Crippen LogP contribution in [0, 0.1) is 5.92 Å². The Kier molecular flexibility index (Phi) is 3.04. The number of benzene rings is 1. The summed E-state index contributed by atoms with van der Waals surface area (Å²) in [6.07, 6.45) is 3.30. The normalized spacial score (nSPS) is 22.1. The van der Waals surface area contributed by atoms with Crippen molar-refractivity contribution < 1.29 is 9.84 Å². The highest BCUT2D eigenvalue weighted by Gasteiger charge is 2.15. The van der Waals surface area contributed by atoms with Crippen LogP contribution in [0.15, 0.2) is 24.3 Å². The van der Waals surface area contributed by atoms with Crippen LogP contribution in [0.4, 0.5) is 0 Å². The Bertz CT molecular complexity index is 290. The third-order valence-corrected chi connectivity index (χ3v) is 2.75. The summed E-state index contributed by atoms with van der Waals surface area (Å²) in [6, 6.07) is 7.57. The minimum Gasteiger partial charge on any atom is -0.508 e. The number of aromatic hydroxyl groups is 1. The summed E-state index contributed by atoms with van der Waals surface area (Å²) in [5, 5.41) is 9.60. The molecule has 1 heterocycles. The summed E-state index contributed by atoms with van der Waals surface area (Å²) in [4.78, 5) is 0. The largest absolute Gasteiger partial charge is 0.508 e. The molecular weight excluding hydrogens is 176 g/mol. The highest BCUT2D eigenvalue weighted by atomic mass is 16.5. The summed E-state index contributed by atoms with van der Waals surface area (Å²) in [6.45, 7) is 1.74. The van der Waals surface area contributed by atoms with Gasteiger partial charge in [0.15, 0.2) is 0 Å². The molecule has 0 amide bonds. The average Bonchev–Trinajstić information content (AvgIpc) is 2.23. The molecular formula is C12H16O2. The van der Waals surface area contributed by atoms with Crippen molar-refractivity contribution in [2.75, 3.05) is 13.2 Å². The first-order valence-corrected chi connectivity index (χ1v) is 5.21. The second kappa shape index (κ2) is 4.47. The first-order valence-electron chi connectivity index (χ1n) is 5.21. The van der Waals surface area contributed by atoms with Gasteiger partial charge < -0.3 is 9.84 Å². The number of para-hydroxylation sites is 1. The minimum absolute atomic E-state index is 0.415. The molecule has 2 heteroatoms. The van der Waals surface area contributed by atoms with Crippen LogP contribution in [0.2, 0.25) is 0 Å². The zero-order valence-corrected chi connectivity index (χ0v) is 8.28. The predicted octanol–water partition coefficient (Wildman–Crippen LogP) is 2.36. The van der Waals surface area contributed by atoms with Gasteiger partial charge in [-0.15, -0.1) is 0 Å². The number of phenols is 1. The summed E-state index contributed by atoms with van der Waals surface area (Å²) in [5.41, 5.74) is 1.04. The monoisotopic (exact) mass is 192 g/mol. The Morgan fingerprint density at radius 1 is 1.36 bits per heavy atom. The molecule has 0 bridgehead atoms. The van der Waals surface area contributed by atoms with Crippen LogP contribution in [-0.4, -0.2) is 18.3 Å². The zero-order valence-electron chi connectivity index (χ0n) is 8.28. The summed E-state index contributed by atoms with van der Waals surface area (Å²) < 4.78 is 5.41. The van der Waals surface area contributed by atoms with E-state index in [4.69, 9.17) is 4.74 Å². The molecule has 1 aliphatic rings. The number of rotatable bonds is 2. The van der Waals surface area contributed by atoms with E-state index in [-0.39, 0.29) is 0 Å². The van der Waals surface area contributed by atoms with Gasteiger partial charge in [-0.1, -0.05) is 18.2 Å². The minimum atomic E-state index is 0.415. The van der Waals surface area contributed by atoms with Crippen LogP contribution in [0.25, 0.3) is 0 Å². The van der Waals surface area contributed by atoms with Crippen molar-refractivity contribution in [3.05, 3.63) is 29.8 Å². The van der Waals surface area contributed by atoms with E-state index in [0.29, 0.717) is 11.7 Å². The maximum absolute atomic E-state index is 9.60. The van der Waals surface area contributed by atoms with E-state index in [1.807, 2.05) is 18.2 Å². The SMILES string of the molecule is Oc1ccccc1CC1CCCOC1. The van der Waals surface area contributed by atoms with Crippen molar-refractivity contribution in [3.63, 3.8) is 0 Å². The van der Waals surface area contributed by atoms with Crippen molar-refractivity contribution >= 4 is 0 Å². The third kappa shape index (κ3) is 2.26. The summed E-state index contributed by atoms with van der Waals surface area (Å²) in [7, 11) is 0. The fourth-order valence-corrected chi connectivity index (χ4v) is 1.96. The van der Waals surface area contributed by atoms with Gasteiger partial charge in [0.2, 0.25) is 0 Å². The van der Waals surface area contributed by atoms with E-state index in [1.165, 1.54) is 6.42 Å². The Morgan fingerprint density at radius 2 is 2.21 bits per heavy atom. The molecule has 0 spiro atoms. The standard InChI is InChI=1S/C12H16O2/c13-12-6-2-1-5-11(12)8-10-4-3-7-14-9-10/h1-2,5-6,10,13H,3-4,7-9H2. The maximum atomic E-state index is 9.60. The molecule has 2 nitrogen and oxygen atoms in total. The molecule has 1 saturated heterocycles. The lowest BCUT2D eigenvalue weighted by molar-refractivity contribution is 0.0548. The van der Waals surface area contributed by atoms with Crippen LogP contribution < -0.4 is 0 Å². The van der Waals surface area contributed by atoms with E-state index in [0.717, 1.165) is 31.6 Å². The molecule has 0 aliphatic carbocycles. The second-order valence-corrected chi connectivity index (χ2v) is 3.92. The second-order valence-electron chi connectivity index (χ2n) is 3.92. The lowest BCUT2D eigenvalue weighted by atomic mass is 9.94. The summed E-state index contributed by atoms with van der Waals surface area (Å²) >= 11 is 0. The zero-order chi connectivity index (χ0) is 9.80. The van der Waals surface area contributed by atoms with E-state index >= 15 is 0 Å². The molecule has 0 aromatic heterocycles. The van der Waals surface area contributed by atoms with Gasteiger partial charge in [0, 0.05) is 13.2 Å². The van der Waals surface area contributed by atoms with Gasteiger partial charge in [-0.3, -0.25) is 0 Å². The highest BCUT2D eigenvalue weighted by molar-refractivity contribution is 5.32. The fraction of sp³-hybridized carbons (Fsp3) is 0.500. The quantitative estimate of drug-likeness (QED) is 0.779. The molecule has 2 rings (SSSR count). The average molecular weight is 192 g/mol. The van der Waals surface area contributed by atoms with E-state index in [9.17, 15) is 5.11 Å². The van der Waals surface area contributed by atoms with Crippen LogP contribution in [0.1, 0.15) is 18.4 Å². The molecule has 14 heavy (non-hydrogen) atoms. The van der Waals surface area contributed by atoms with Gasteiger partial charge in [0.05, 0.1) is 0 Å². The molecule has 76 valence electrons. The molecule has 1 aliphatic heterocycles. The molecule has 1 atom stereocenters. The van der Waals surface area contributed by atoms with Gasteiger partial charge in [-0.05, 0) is 36.8 Å². The van der Waals surface area contributed by atoms with Gasteiger partial charge in [-0.25, -0.2) is 0 Å². The van der Waals surface area contributed by atoms with Crippen molar-refractivity contribution in [1.29, 1.82) is 0 Å². The summed E-state index contributed by atoms with van der Waals surface area (Å²) in [5.74, 6) is 0.995. The van der Waals surface area contributed by atoms with Crippen LogP contribution >= 0.6 is 0 Å². The first kappa shape index (κ1) is 9.53. The van der Waals surface area contributed by atoms with Gasteiger partial charge in [0.25, 0.3) is 0 Å². The van der Waals surface area contributed by atoms with Crippen molar-refractivity contribution in [3.8, 4) is 5.75 Å². The Hall–Kier alpha value is -1.02. The van der Waals surface area contributed by atoms with E-state index < -0.39 is 0 Å². The van der Waals surface area contributed by atoms with Crippen molar-refractivity contribution in [2.45, 2.75) is 19.3 Å². The Labute approximate surface area is 84.5 Å². The topological polar surface area (TPSA) is 29.5 Å². The lowest BCUT2D eigenvalue weighted by Gasteiger charge is -2.22. The van der Waals surface area contributed by atoms with Crippen molar-refractivity contribution in [1.82, 2.24) is 0 Å². The van der Waals surface area contributed by atoms with Gasteiger partial charge in [0.1, 0.15) is 5.75 Å². The molecule has 1 unspecified atom stereocenters. The molecule has 0 radical (unpaired) electrons. The van der Waals surface area contributed by atoms with Gasteiger partial charge in [-0.2, -0.15) is 0 Å². The van der Waals surface area contributed by atoms with Crippen LogP contribution in [0.5, 0.6) is 5.75 Å². The number of ether oxygens (including phenoxy) is 1. The Morgan fingerprint density at radius 3 is 2.93 bits per heavy atom. The van der Waals surface area contributed by atoms with Gasteiger partial charge >= 0.3 is 0 Å². The fourth-order valence-electron chi connectivity index (χ4n) is 1.96. The lowest BCUT2D eigenvalue weighted by Crippen LogP contribution is -2.19. The highest BCUT2D eigenvalue weighted by Crippen LogP contribution is 2.23. The molecule has 1 aromatic carbocycles. The first-order chi connectivity index (χ1) is 6.86. The van der Waals surface area contributed by atoms with Crippen LogP contribution in [0.3, 0.4) is 0 Å². The number of phenolic OH excluding ortho intramolecular Hbond substituents is 1. The molecule has 1 fully saturated rings. The molecule has 1 N–H and O–H groups in total. The third-order valence-electron chi connectivity index (χ3n) is 2.75. The maximum Gasteiger partial charge on any atom is 0.118 e. The number of hydrogen-bond donors (Lipinski definition) is 1. The Balaban J connectivity index is 1.99. The van der Waals surface area contributed by atoms with Crippen molar-refractivity contribution in [2.24, 2.45) is 5.92 Å². The number of hydrogen-bond acceptors (Lipinski definition) is 2. The van der Waals surface area contributed by atoms with E-state index in [2.05, 4.69) is 0 Å². The molecule has 1 aromatic rings. The molecule has 0 saturated carbocycles.